The minimum Gasteiger partial charge on any atom is -0.762 e. The van der Waals surface area contributed by atoms with Gasteiger partial charge in [0, 0.05) is 0 Å². The fourth-order valence-electron chi connectivity index (χ4n) is 0.172. The lowest BCUT2D eigenvalue weighted by atomic mass is 11.4. The van der Waals surface area contributed by atoms with E-state index in [4.69, 9.17) is 0 Å². The molecule has 0 saturated carbocycles. The summed E-state index contributed by atoms with van der Waals surface area (Å²) in [7, 11) is 2.29. The molecule has 0 bridgehead atoms. The van der Waals surface area contributed by atoms with Crippen molar-refractivity contribution in [3.63, 3.8) is 0 Å². The van der Waals surface area contributed by atoms with E-state index in [0.29, 0.717) is 0 Å². The summed E-state index contributed by atoms with van der Waals surface area (Å²) in [4.78, 5) is 8.33. The van der Waals surface area contributed by atoms with Gasteiger partial charge in [-0.2, -0.15) is 0 Å². The molecule has 56 valence electrons. The molecule has 0 aromatic heterocycles. The zero-order valence-electron chi connectivity index (χ0n) is 5.23. The SMILES string of the molecule is CN([O-])OCON(C)[O-]. The summed E-state index contributed by atoms with van der Waals surface area (Å²) in [6, 6.07) is 0. The lowest BCUT2D eigenvalue weighted by Gasteiger charge is -2.25. The van der Waals surface area contributed by atoms with Crippen LogP contribution in [0, 0.1) is 10.4 Å². The third-order valence-corrected chi connectivity index (χ3v) is 0.469. The second-order valence-corrected chi connectivity index (χ2v) is 1.26. The predicted octanol–water partition coefficient (Wildman–Crippen LogP) is -0.334. The van der Waals surface area contributed by atoms with Crippen LogP contribution in [0.3, 0.4) is 0 Å². The third-order valence-electron chi connectivity index (χ3n) is 0.469. The smallest absolute Gasteiger partial charge is 0.185 e. The number of hydroxylamine groups is 4. The molecule has 0 amide bonds. The second-order valence-electron chi connectivity index (χ2n) is 1.26. The molecule has 6 nitrogen and oxygen atoms in total. The van der Waals surface area contributed by atoms with Crippen molar-refractivity contribution in [2.24, 2.45) is 0 Å². The predicted molar refractivity (Wildman–Crippen MR) is 29.3 cm³/mol. The van der Waals surface area contributed by atoms with Crippen LogP contribution in [0.15, 0.2) is 0 Å². The fourth-order valence-corrected chi connectivity index (χ4v) is 0.172. The van der Waals surface area contributed by atoms with E-state index in [1.165, 1.54) is 0 Å². The molecule has 0 saturated heterocycles. The quantitative estimate of drug-likeness (QED) is 0.389. The topological polar surface area (TPSA) is 71.1 Å². The van der Waals surface area contributed by atoms with Crippen LogP contribution in [0.25, 0.3) is 0 Å². The van der Waals surface area contributed by atoms with Crippen LogP contribution in [0.2, 0.25) is 0 Å². The van der Waals surface area contributed by atoms with E-state index in [1.54, 1.807) is 0 Å². The summed E-state index contributed by atoms with van der Waals surface area (Å²) >= 11 is 0. The van der Waals surface area contributed by atoms with Gasteiger partial charge < -0.3 is 10.4 Å². The molecule has 6 heteroatoms. The zero-order chi connectivity index (χ0) is 7.28. The maximum atomic E-state index is 9.92. The van der Waals surface area contributed by atoms with E-state index in [9.17, 15) is 10.4 Å². The van der Waals surface area contributed by atoms with Gasteiger partial charge in [-0.1, -0.05) is 0 Å². The Morgan fingerprint density at radius 3 is 1.67 bits per heavy atom. The van der Waals surface area contributed by atoms with Crippen LogP contribution >= 0.6 is 0 Å². The summed E-state index contributed by atoms with van der Waals surface area (Å²) in [5, 5.41) is 20.2. The highest BCUT2D eigenvalue weighted by molar-refractivity contribution is 4.24. The largest absolute Gasteiger partial charge is 0.762 e. The van der Waals surface area contributed by atoms with Gasteiger partial charge in [0.25, 0.3) is 0 Å². The number of hydrogen-bond donors (Lipinski definition) is 0. The van der Waals surface area contributed by atoms with Gasteiger partial charge in [-0.15, -0.1) is 0 Å². The first kappa shape index (κ1) is 8.76. The standard InChI is InChI=1S/C3H8N2O4/c1-4(6)8-3-9-5(2)7/h3H2,1-2H3/q-2. The van der Waals surface area contributed by atoms with Crippen LogP contribution in [0.1, 0.15) is 0 Å². The maximum Gasteiger partial charge on any atom is 0.185 e. The molecule has 0 N–H and O–H groups in total. The molecular formula is C3H8N2O4-2. The molecule has 0 aliphatic rings. The molecule has 0 unspecified atom stereocenters. The van der Waals surface area contributed by atoms with E-state index in [1.807, 2.05) is 0 Å². The summed E-state index contributed by atoms with van der Waals surface area (Å²) in [5.41, 5.74) is 0. The third kappa shape index (κ3) is 7.76. The molecule has 0 rings (SSSR count). The Morgan fingerprint density at radius 2 is 1.44 bits per heavy atom. The van der Waals surface area contributed by atoms with Crippen LogP contribution in [-0.4, -0.2) is 31.3 Å². The Kier molecular flexibility index (Phi) is 4.50. The Balaban J connectivity index is 2.91. The summed E-state index contributed by atoms with van der Waals surface area (Å²) in [5.74, 6) is 0. The van der Waals surface area contributed by atoms with E-state index < -0.39 is 0 Å². The Hall–Kier alpha value is -0.240. The van der Waals surface area contributed by atoms with Crippen molar-refractivity contribution < 1.29 is 9.68 Å². The summed E-state index contributed by atoms with van der Waals surface area (Å²) in [6.45, 7) is -0.361. The molecule has 0 aliphatic heterocycles. The Morgan fingerprint density at radius 1 is 1.11 bits per heavy atom. The van der Waals surface area contributed by atoms with Crippen LogP contribution in [0.5, 0.6) is 0 Å². The van der Waals surface area contributed by atoms with Gasteiger partial charge in [-0.25, -0.2) is 0 Å². The molecule has 0 radical (unpaired) electrons. The van der Waals surface area contributed by atoms with Gasteiger partial charge in [-0.3, -0.25) is 20.1 Å². The first-order valence-corrected chi connectivity index (χ1v) is 2.20. The van der Waals surface area contributed by atoms with Crippen molar-refractivity contribution in [1.29, 1.82) is 0 Å². The maximum absolute atomic E-state index is 9.92. The summed E-state index contributed by atoms with van der Waals surface area (Å²) in [6.07, 6.45) is 0. The van der Waals surface area contributed by atoms with Gasteiger partial charge in [0.15, 0.2) is 6.79 Å². The fraction of sp³-hybridized carbons (Fsp3) is 1.00. The van der Waals surface area contributed by atoms with Crippen molar-refractivity contribution in [1.82, 2.24) is 10.5 Å². The van der Waals surface area contributed by atoms with Crippen molar-refractivity contribution in [2.45, 2.75) is 0 Å². The average molecular weight is 136 g/mol. The molecular weight excluding hydrogens is 128 g/mol. The van der Waals surface area contributed by atoms with Gasteiger partial charge in [-0.05, 0) is 14.1 Å². The van der Waals surface area contributed by atoms with Crippen molar-refractivity contribution in [2.75, 3.05) is 20.9 Å². The zero-order valence-corrected chi connectivity index (χ0v) is 5.23. The van der Waals surface area contributed by atoms with E-state index >= 15 is 0 Å². The number of rotatable bonds is 4. The minimum atomic E-state index is -0.361. The van der Waals surface area contributed by atoms with E-state index in [0.717, 1.165) is 14.1 Å². The highest BCUT2D eigenvalue weighted by atomic mass is 17.0. The van der Waals surface area contributed by atoms with Crippen LogP contribution in [-0.2, 0) is 9.68 Å². The van der Waals surface area contributed by atoms with Crippen LogP contribution < -0.4 is 0 Å². The normalized spacial score (nSPS) is 11.3. The molecule has 0 fully saturated rings. The van der Waals surface area contributed by atoms with E-state index in [2.05, 4.69) is 9.68 Å². The van der Waals surface area contributed by atoms with Crippen molar-refractivity contribution >= 4 is 0 Å². The minimum absolute atomic E-state index is 0.198. The first-order chi connectivity index (χ1) is 4.13. The van der Waals surface area contributed by atoms with Crippen molar-refractivity contribution in [3.05, 3.63) is 10.4 Å². The molecule has 9 heavy (non-hydrogen) atoms. The number of hydrogen-bond acceptors (Lipinski definition) is 6. The second kappa shape index (κ2) is 4.62. The van der Waals surface area contributed by atoms with E-state index in [-0.39, 0.29) is 17.2 Å². The highest BCUT2D eigenvalue weighted by Gasteiger charge is 1.82. The number of nitrogens with zero attached hydrogens (tertiary/aromatic N) is 2. The lowest BCUT2D eigenvalue weighted by molar-refractivity contribution is -0.253. The summed E-state index contributed by atoms with van der Waals surface area (Å²) < 4.78 is 0. The molecule has 0 aromatic carbocycles. The van der Waals surface area contributed by atoms with Crippen molar-refractivity contribution in [3.8, 4) is 0 Å². The van der Waals surface area contributed by atoms with Crippen LogP contribution in [0.4, 0.5) is 0 Å². The Bertz CT molecular complexity index is 58.8. The molecule has 0 spiro atoms. The first-order valence-electron chi connectivity index (χ1n) is 2.20. The molecule has 0 atom stereocenters. The molecule has 0 aromatic rings. The highest BCUT2D eigenvalue weighted by Crippen LogP contribution is 1.83. The van der Waals surface area contributed by atoms with Gasteiger partial charge in [0.05, 0.1) is 0 Å². The van der Waals surface area contributed by atoms with Gasteiger partial charge in [0.2, 0.25) is 0 Å². The lowest BCUT2D eigenvalue weighted by Crippen LogP contribution is -2.18. The Labute approximate surface area is 52.6 Å². The molecule has 0 heterocycles. The average Bonchev–Trinajstić information content (AvgIpc) is 1.63. The van der Waals surface area contributed by atoms with Gasteiger partial charge in [0.1, 0.15) is 0 Å². The monoisotopic (exact) mass is 136 g/mol. The molecule has 0 aliphatic carbocycles. The van der Waals surface area contributed by atoms with Gasteiger partial charge >= 0.3 is 0 Å².